The smallest absolute Gasteiger partial charge is 0.106 e. The first-order valence-electron chi connectivity index (χ1n) is 8.76. The second-order valence-corrected chi connectivity index (χ2v) is 6.48. The third kappa shape index (κ3) is 4.18. The Morgan fingerprint density at radius 3 is 2.86 bits per heavy atom. The molecule has 0 radical (unpaired) electrons. The van der Waals surface area contributed by atoms with E-state index in [9.17, 15) is 5.26 Å². The molecule has 2 rings (SSSR count). The van der Waals surface area contributed by atoms with Gasteiger partial charge in [-0.25, -0.2) is 0 Å². The number of ether oxygens (including phenoxy) is 1. The summed E-state index contributed by atoms with van der Waals surface area (Å²) >= 11 is 0. The van der Waals surface area contributed by atoms with E-state index in [1.807, 2.05) is 0 Å². The Hall–Kier alpha value is -0.630. The fourth-order valence-corrected chi connectivity index (χ4v) is 3.94. The molecule has 1 N–H and O–H groups in total. The van der Waals surface area contributed by atoms with Gasteiger partial charge in [-0.2, -0.15) is 5.26 Å². The molecule has 1 saturated carbocycles. The van der Waals surface area contributed by atoms with Gasteiger partial charge in [0.25, 0.3) is 0 Å². The lowest BCUT2D eigenvalue weighted by atomic mass is 9.89. The van der Waals surface area contributed by atoms with Crippen molar-refractivity contribution < 1.29 is 4.74 Å². The standard InChI is InChI=1S/C17H31N3O/c1-3-17(14-18,19-4-2)10-7-11-20-12-13-21-16-9-6-5-8-15(16)20/h15-16,19H,3-13H2,1-2H3. The molecule has 0 aromatic carbocycles. The molecule has 0 amide bonds. The lowest BCUT2D eigenvalue weighted by Gasteiger charge is -2.44. The van der Waals surface area contributed by atoms with Crippen LogP contribution in [0.3, 0.4) is 0 Å². The minimum absolute atomic E-state index is 0.326. The number of nitrogens with one attached hydrogen (secondary N) is 1. The van der Waals surface area contributed by atoms with E-state index in [4.69, 9.17) is 4.74 Å². The highest BCUT2D eigenvalue weighted by atomic mass is 16.5. The van der Waals surface area contributed by atoms with E-state index in [1.54, 1.807) is 0 Å². The van der Waals surface area contributed by atoms with E-state index in [0.29, 0.717) is 12.1 Å². The minimum Gasteiger partial charge on any atom is -0.375 e. The highest BCUT2D eigenvalue weighted by Gasteiger charge is 2.34. The maximum absolute atomic E-state index is 9.49. The number of fused-ring (bicyclic) bond motifs is 1. The van der Waals surface area contributed by atoms with Crippen LogP contribution in [0.25, 0.3) is 0 Å². The normalized spacial score (nSPS) is 29.4. The van der Waals surface area contributed by atoms with Gasteiger partial charge in [-0.15, -0.1) is 0 Å². The van der Waals surface area contributed by atoms with Crippen molar-refractivity contribution >= 4 is 0 Å². The van der Waals surface area contributed by atoms with Crippen molar-refractivity contribution in [3.63, 3.8) is 0 Å². The topological polar surface area (TPSA) is 48.3 Å². The van der Waals surface area contributed by atoms with E-state index in [0.717, 1.165) is 45.5 Å². The Morgan fingerprint density at radius 1 is 1.33 bits per heavy atom. The van der Waals surface area contributed by atoms with Gasteiger partial charge in [0.2, 0.25) is 0 Å². The van der Waals surface area contributed by atoms with Gasteiger partial charge in [-0.05, 0) is 45.2 Å². The summed E-state index contributed by atoms with van der Waals surface area (Å²) < 4.78 is 5.93. The van der Waals surface area contributed by atoms with E-state index in [2.05, 4.69) is 30.1 Å². The Morgan fingerprint density at radius 2 is 2.14 bits per heavy atom. The largest absolute Gasteiger partial charge is 0.375 e. The fourth-order valence-electron chi connectivity index (χ4n) is 3.94. The van der Waals surface area contributed by atoms with Crippen molar-refractivity contribution in [3.8, 4) is 6.07 Å². The summed E-state index contributed by atoms with van der Waals surface area (Å²) in [6.45, 7) is 8.11. The van der Waals surface area contributed by atoms with Crippen molar-refractivity contribution in [2.24, 2.45) is 0 Å². The molecule has 120 valence electrons. The molecule has 0 spiro atoms. The highest BCUT2D eigenvalue weighted by molar-refractivity contribution is 5.06. The maximum Gasteiger partial charge on any atom is 0.106 e. The predicted octanol–water partition coefficient (Wildman–Crippen LogP) is 2.69. The summed E-state index contributed by atoms with van der Waals surface area (Å²) in [4.78, 5) is 2.62. The molecule has 0 aromatic rings. The summed E-state index contributed by atoms with van der Waals surface area (Å²) in [7, 11) is 0. The molecule has 0 aromatic heterocycles. The molecule has 2 fully saturated rings. The van der Waals surface area contributed by atoms with Crippen LogP contribution in [0, 0.1) is 11.3 Å². The lowest BCUT2D eigenvalue weighted by molar-refractivity contribution is -0.0884. The SMILES string of the molecule is CCNC(C#N)(CC)CCCN1CCOC2CCCCC21. The van der Waals surface area contributed by atoms with E-state index in [-0.39, 0.29) is 5.54 Å². The van der Waals surface area contributed by atoms with Crippen LogP contribution < -0.4 is 5.32 Å². The van der Waals surface area contributed by atoms with Crippen molar-refractivity contribution in [1.29, 1.82) is 5.26 Å². The number of hydrogen-bond donors (Lipinski definition) is 1. The van der Waals surface area contributed by atoms with Gasteiger partial charge in [-0.3, -0.25) is 10.2 Å². The van der Waals surface area contributed by atoms with Crippen LogP contribution in [-0.4, -0.2) is 48.8 Å². The number of nitrogens with zero attached hydrogens (tertiary/aromatic N) is 2. The van der Waals surface area contributed by atoms with Gasteiger partial charge < -0.3 is 4.74 Å². The number of morpholine rings is 1. The minimum atomic E-state index is -0.326. The summed E-state index contributed by atoms with van der Waals surface area (Å²) in [5, 5.41) is 12.9. The van der Waals surface area contributed by atoms with Crippen LogP contribution in [0.4, 0.5) is 0 Å². The molecule has 4 heteroatoms. The van der Waals surface area contributed by atoms with Gasteiger partial charge in [-0.1, -0.05) is 26.7 Å². The van der Waals surface area contributed by atoms with Crippen LogP contribution in [0.1, 0.15) is 58.8 Å². The average Bonchev–Trinajstić information content (AvgIpc) is 2.54. The number of rotatable bonds is 7. The molecule has 3 atom stereocenters. The molecule has 0 bridgehead atoms. The van der Waals surface area contributed by atoms with Crippen molar-refractivity contribution in [3.05, 3.63) is 0 Å². The molecule has 1 aliphatic carbocycles. The molecule has 21 heavy (non-hydrogen) atoms. The highest BCUT2D eigenvalue weighted by Crippen LogP contribution is 2.29. The van der Waals surface area contributed by atoms with Gasteiger partial charge in [0.05, 0.1) is 18.8 Å². The fraction of sp³-hybridized carbons (Fsp3) is 0.941. The van der Waals surface area contributed by atoms with Gasteiger partial charge >= 0.3 is 0 Å². The first-order chi connectivity index (χ1) is 10.2. The molecule has 4 nitrogen and oxygen atoms in total. The predicted molar refractivity (Wildman–Crippen MR) is 85.1 cm³/mol. The molecule has 3 unspecified atom stereocenters. The Kier molecular flexibility index (Phi) is 6.47. The van der Waals surface area contributed by atoms with Crippen LogP contribution in [0.15, 0.2) is 0 Å². The molecular formula is C17H31N3O. The van der Waals surface area contributed by atoms with Crippen molar-refractivity contribution in [1.82, 2.24) is 10.2 Å². The van der Waals surface area contributed by atoms with Gasteiger partial charge in [0, 0.05) is 12.6 Å². The van der Waals surface area contributed by atoms with E-state index >= 15 is 0 Å². The molecule has 1 aliphatic heterocycles. The second-order valence-electron chi connectivity index (χ2n) is 6.48. The average molecular weight is 293 g/mol. The van der Waals surface area contributed by atoms with Crippen LogP contribution in [0.2, 0.25) is 0 Å². The summed E-state index contributed by atoms with van der Waals surface area (Å²) in [6, 6.07) is 3.14. The van der Waals surface area contributed by atoms with Crippen molar-refractivity contribution in [2.75, 3.05) is 26.2 Å². The van der Waals surface area contributed by atoms with E-state index in [1.165, 1.54) is 25.7 Å². The van der Waals surface area contributed by atoms with Crippen LogP contribution in [0.5, 0.6) is 0 Å². The molecule has 1 saturated heterocycles. The van der Waals surface area contributed by atoms with Crippen LogP contribution >= 0.6 is 0 Å². The third-order valence-corrected chi connectivity index (χ3v) is 5.23. The molecular weight excluding hydrogens is 262 g/mol. The first-order valence-corrected chi connectivity index (χ1v) is 8.76. The zero-order chi connectivity index (χ0) is 15.1. The summed E-state index contributed by atoms with van der Waals surface area (Å²) in [5.74, 6) is 0. The molecule has 1 heterocycles. The quantitative estimate of drug-likeness (QED) is 0.784. The van der Waals surface area contributed by atoms with Crippen LogP contribution in [-0.2, 0) is 4.74 Å². The zero-order valence-electron chi connectivity index (χ0n) is 13.7. The second kappa shape index (κ2) is 8.12. The monoisotopic (exact) mass is 293 g/mol. The first kappa shape index (κ1) is 16.7. The number of hydrogen-bond acceptors (Lipinski definition) is 4. The summed E-state index contributed by atoms with van der Waals surface area (Å²) in [5.41, 5.74) is -0.326. The molecule has 2 aliphatic rings. The number of nitriles is 1. The van der Waals surface area contributed by atoms with Crippen molar-refractivity contribution in [2.45, 2.75) is 76.5 Å². The van der Waals surface area contributed by atoms with Gasteiger partial charge in [0.15, 0.2) is 0 Å². The lowest BCUT2D eigenvalue weighted by Crippen LogP contribution is -2.53. The maximum atomic E-state index is 9.49. The Balaban J connectivity index is 1.83. The van der Waals surface area contributed by atoms with Gasteiger partial charge in [0.1, 0.15) is 5.54 Å². The summed E-state index contributed by atoms with van der Waals surface area (Å²) in [6.07, 6.45) is 8.57. The third-order valence-electron chi connectivity index (χ3n) is 5.23. The zero-order valence-corrected chi connectivity index (χ0v) is 13.7. The van der Waals surface area contributed by atoms with E-state index < -0.39 is 0 Å². The Bertz CT molecular complexity index is 352. The Labute approximate surface area is 129 Å².